The van der Waals surface area contributed by atoms with Crippen LogP contribution in [0.1, 0.15) is 27.4 Å². The van der Waals surface area contributed by atoms with Crippen LogP contribution in [0.15, 0.2) is 65.2 Å². The average Bonchev–Trinajstić information content (AvgIpc) is 3.17. The van der Waals surface area contributed by atoms with Crippen LogP contribution in [0, 0.1) is 0 Å². The van der Waals surface area contributed by atoms with E-state index in [0.29, 0.717) is 17.9 Å². The van der Waals surface area contributed by atoms with Crippen molar-refractivity contribution in [2.24, 2.45) is 0 Å². The minimum absolute atomic E-state index is 0.0142. The highest BCUT2D eigenvalue weighted by Gasteiger charge is 2.37. The van der Waals surface area contributed by atoms with E-state index < -0.39 is 24.0 Å². The molecule has 2 heterocycles. The number of aromatic nitrogens is 1. The SMILES string of the molecule is CN1C(=O)[C@H](NC(=O)c2cc(Cc3ccccc3)on2)[C@@H](F)Cc2ccccc21. The number of halogens is 1. The summed E-state index contributed by atoms with van der Waals surface area (Å²) in [4.78, 5) is 26.7. The Labute approximate surface area is 167 Å². The number of nitrogens with zero attached hydrogens (tertiary/aromatic N) is 2. The molecular weight excluding hydrogens is 373 g/mol. The molecule has 2 amide bonds. The smallest absolute Gasteiger partial charge is 0.274 e. The molecule has 0 aliphatic carbocycles. The molecule has 148 valence electrons. The molecule has 2 atom stereocenters. The summed E-state index contributed by atoms with van der Waals surface area (Å²) in [7, 11) is 1.58. The van der Waals surface area contributed by atoms with Gasteiger partial charge in [-0.3, -0.25) is 9.59 Å². The molecule has 0 radical (unpaired) electrons. The third-order valence-electron chi connectivity index (χ3n) is 5.03. The van der Waals surface area contributed by atoms with Gasteiger partial charge in [-0.05, 0) is 17.2 Å². The van der Waals surface area contributed by atoms with Gasteiger partial charge in [0.2, 0.25) is 0 Å². The van der Waals surface area contributed by atoms with Crippen LogP contribution in [0.2, 0.25) is 0 Å². The lowest BCUT2D eigenvalue weighted by molar-refractivity contribution is -0.121. The lowest BCUT2D eigenvalue weighted by atomic mass is 10.0. The highest BCUT2D eigenvalue weighted by molar-refractivity contribution is 6.02. The van der Waals surface area contributed by atoms with E-state index in [-0.39, 0.29) is 12.1 Å². The summed E-state index contributed by atoms with van der Waals surface area (Å²) in [6.07, 6.45) is -1.03. The van der Waals surface area contributed by atoms with Crippen molar-refractivity contribution in [1.82, 2.24) is 10.5 Å². The number of amides is 2. The molecule has 6 nitrogen and oxygen atoms in total. The van der Waals surface area contributed by atoms with Crippen LogP contribution in [0.5, 0.6) is 0 Å². The van der Waals surface area contributed by atoms with E-state index >= 15 is 0 Å². The Bertz CT molecular complexity index is 1030. The van der Waals surface area contributed by atoms with Gasteiger partial charge in [0.25, 0.3) is 11.8 Å². The van der Waals surface area contributed by atoms with E-state index in [2.05, 4.69) is 10.5 Å². The highest BCUT2D eigenvalue weighted by Crippen LogP contribution is 2.27. The number of carbonyl (C=O) groups is 2. The first-order chi connectivity index (χ1) is 14.0. The number of para-hydroxylation sites is 1. The van der Waals surface area contributed by atoms with Gasteiger partial charge in [-0.25, -0.2) is 4.39 Å². The van der Waals surface area contributed by atoms with Gasteiger partial charge in [0, 0.05) is 31.6 Å². The number of hydrogen-bond donors (Lipinski definition) is 1. The van der Waals surface area contributed by atoms with Gasteiger partial charge in [-0.2, -0.15) is 0 Å². The zero-order chi connectivity index (χ0) is 20.4. The fourth-order valence-corrected chi connectivity index (χ4v) is 3.49. The Morgan fingerprint density at radius 3 is 2.72 bits per heavy atom. The first-order valence-corrected chi connectivity index (χ1v) is 9.33. The van der Waals surface area contributed by atoms with Crippen LogP contribution in [-0.2, 0) is 17.6 Å². The number of benzene rings is 2. The van der Waals surface area contributed by atoms with Gasteiger partial charge >= 0.3 is 0 Å². The number of fused-ring (bicyclic) bond motifs is 1. The summed E-state index contributed by atoms with van der Waals surface area (Å²) >= 11 is 0. The lowest BCUT2D eigenvalue weighted by Crippen LogP contribution is -2.51. The normalized spacial score (nSPS) is 18.8. The predicted molar refractivity (Wildman–Crippen MR) is 105 cm³/mol. The van der Waals surface area contributed by atoms with E-state index in [4.69, 9.17) is 4.52 Å². The second kappa shape index (κ2) is 7.87. The van der Waals surface area contributed by atoms with Gasteiger partial charge < -0.3 is 14.7 Å². The van der Waals surface area contributed by atoms with E-state index in [1.165, 1.54) is 11.0 Å². The van der Waals surface area contributed by atoms with Crippen molar-refractivity contribution < 1.29 is 18.5 Å². The molecule has 1 aliphatic heterocycles. The third-order valence-corrected chi connectivity index (χ3v) is 5.03. The molecule has 0 unspecified atom stereocenters. The van der Waals surface area contributed by atoms with Crippen LogP contribution < -0.4 is 10.2 Å². The molecular formula is C22H20FN3O3. The molecule has 29 heavy (non-hydrogen) atoms. The number of alkyl halides is 1. The summed E-state index contributed by atoms with van der Waals surface area (Å²) in [6, 6.07) is 17.0. The van der Waals surface area contributed by atoms with Crippen molar-refractivity contribution in [2.45, 2.75) is 25.1 Å². The van der Waals surface area contributed by atoms with Crippen molar-refractivity contribution >= 4 is 17.5 Å². The van der Waals surface area contributed by atoms with Gasteiger partial charge in [0.1, 0.15) is 18.0 Å². The van der Waals surface area contributed by atoms with Crippen LogP contribution in [-0.4, -0.2) is 36.2 Å². The van der Waals surface area contributed by atoms with Crippen molar-refractivity contribution in [1.29, 1.82) is 0 Å². The molecule has 4 rings (SSSR count). The Hall–Kier alpha value is -3.48. The molecule has 0 spiro atoms. The largest absolute Gasteiger partial charge is 0.360 e. The number of likely N-dealkylation sites (N-methyl/N-ethyl adjacent to an activating group) is 1. The molecule has 0 fully saturated rings. The molecule has 3 aromatic rings. The zero-order valence-electron chi connectivity index (χ0n) is 15.8. The summed E-state index contributed by atoms with van der Waals surface area (Å²) in [6.45, 7) is 0. The molecule has 2 aromatic carbocycles. The number of hydrogen-bond acceptors (Lipinski definition) is 4. The average molecular weight is 393 g/mol. The van der Waals surface area contributed by atoms with Crippen molar-refractivity contribution in [3.63, 3.8) is 0 Å². The Balaban J connectivity index is 1.49. The van der Waals surface area contributed by atoms with E-state index in [9.17, 15) is 14.0 Å². The highest BCUT2D eigenvalue weighted by atomic mass is 19.1. The first kappa shape index (κ1) is 18.9. The van der Waals surface area contributed by atoms with E-state index in [0.717, 1.165) is 11.1 Å². The number of nitrogens with one attached hydrogen (secondary N) is 1. The van der Waals surface area contributed by atoms with Gasteiger partial charge in [0.15, 0.2) is 5.69 Å². The fraction of sp³-hybridized carbons (Fsp3) is 0.227. The van der Waals surface area contributed by atoms with Crippen LogP contribution in [0.25, 0.3) is 0 Å². The van der Waals surface area contributed by atoms with Crippen molar-refractivity contribution in [3.05, 3.63) is 83.2 Å². The molecule has 1 N–H and O–H groups in total. The Morgan fingerprint density at radius 1 is 1.21 bits per heavy atom. The maximum atomic E-state index is 14.9. The monoisotopic (exact) mass is 393 g/mol. The Morgan fingerprint density at radius 2 is 1.93 bits per heavy atom. The molecule has 1 aliphatic rings. The Kier molecular flexibility index (Phi) is 5.12. The number of carbonyl (C=O) groups excluding carboxylic acids is 2. The second-order valence-electron chi connectivity index (χ2n) is 7.04. The van der Waals surface area contributed by atoms with Crippen molar-refractivity contribution in [3.8, 4) is 0 Å². The lowest BCUT2D eigenvalue weighted by Gasteiger charge is -2.22. The second-order valence-corrected chi connectivity index (χ2v) is 7.04. The van der Waals surface area contributed by atoms with Crippen molar-refractivity contribution in [2.75, 3.05) is 11.9 Å². The van der Waals surface area contributed by atoms with E-state index in [1.807, 2.05) is 30.3 Å². The quantitative estimate of drug-likeness (QED) is 0.740. The minimum Gasteiger partial charge on any atom is -0.360 e. The standard InChI is InChI=1S/C22H20FN3O3/c1-26-19-10-6-5-9-15(19)12-17(23)20(22(26)28)24-21(27)18-13-16(29-25-18)11-14-7-3-2-4-8-14/h2-10,13,17,20H,11-12H2,1H3,(H,24,27)/t17-,20+/m0/s1. The molecule has 1 aromatic heterocycles. The maximum Gasteiger partial charge on any atom is 0.274 e. The van der Waals surface area contributed by atoms with Crippen LogP contribution in [0.3, 0.4) is 0 Å². The zero-order valence-corrected chi connectivity index (χ0v) is 15.8. The summed E-state index contributed by atoms with van der Waals surface area (Å²) in [5, 5.41) is 6.26. The molecule has 0 bridgehead atoms. The molecule has 7 heteroatoms. The number of anilines is 1. The summed E-state index contributed by atoms with van der Waals surface area (Å²) in [5.41, 5.74) is 2.39. The van der Waals surface area contributed by atoms with Crippen LogP contribution >= 0.6 is 0 Å². The summed E-state index contributed by atoms with van der Waals surface area (Å²) < 4.78 is 20.1. The summed E-state index contributed by atoms with van der Waals surface area (Å²) in [5.74, 6) is -0.646. The predicted octanol–water partition coefficient (Wildman–Crippen LogP) is 2.92. The molecule has 0 saturated heterocycles. The van der Waals surface area contributed by atoms with Crippen LogP contribution in [0.4, 0.5) is 10.1 Å². The van der Waals surface area contributed by atoms with Gasteiger partial charge in [-0.1, -0.05) is 53.7 Å². The van der Waals surface area contributed by atoms with E-state index in [1.54, 1.807) is 31.3 Å². The molecule has 0 saturated carbocycles. The third kappa shape index (κ3) is 3.89. The van der Waals surface area contributed by atoms with Gasteiger partial charge in [-0.15, -0.1) is 0 Å². The minimum atomic E-state index is -1.55. The number of rotatable bonds is 4. The topological polar surface area (TPSA) is 75.4 Å². The maximum absolute atomic E-state index is 14.9. The van der Waals surface area contributed by atoms with Gasteiger partial charge in [0.05, 0.1) is 0 Å². The fourth-order valence-electron chi connectivity index (χ4n) is 3.49. The first-order valence-electron chi connectivity index (χ1n) is 9.33.